The summed E-state index contributed by atoms with van der Waals surface area (Å²) in [5, 5.41) is 11.7. The maximum absolute atomic E-state index is 12.5. The second-order valence-electron chi connectivity index (χ2n) is 5.29. The van der Waals surface area contributed by atoms with Crippen LogP contribution >= 0.6 is 11.8 Å². The van der Waals surface area contributed by atoms with Gasteiger partial charge in [0, 0.05) is 13.1 Å². The van der Waals surface area contributed by atoms with Gasteiger partial charge in [0.25, 0.3) is 0 Å². The number of nitrogens with one attached hydrogen (secondary N) is 1. The van der Waals surface area contributed by atoms with Crippen LogP contribution in [0.25, 0.3) is 0 Å². The summed E-state index contributed by atoms with van der Waals surface area (Å²) in [5.41, 5.74) is 1.89. The molecule has 1 aromatic carbocycles. The molecule has 7 nitrogen and oxygen atoms in total. The molecule has 0 aromatic heterocycles. The summed E-state index contributed by atoms with van der Waals surface area (Å²) < 4.78 is 10.7. The fourth-order valence-electron chi connectivity index (χ4n) is 2.40. The van der Waals surface area contributed by atoms with Crippen molar-refractivity contribution in [3.63, 3.8) is 0 Å². The van der Waals surface area contributed by atoms with Gasteiger partial charge in [0.15, 0.2) is 11.4 Å². The second-order valence-corrected chi connectivity index (χ2v) is 6.09. The zero-order valence-electron chi connectivity index (χ0n) is 14.4. The maximum atomic E-state index is 12.5. The number of anilines is 1. The molecule has 1 N–H and O–H groups in total. The number of carbonyl (C=O) groups is 1. The van der Waals surface area contributed by atoms with E-state index < -0.39 is 0 Å². The Bertz CT molecular complexity index is 666. The summed E-state index contributed by atoms with van der Waals surface area (Å²) in [6, 6.07) is 5.41. The normalized spacial score (nSPS) is 14.8. The Morgan fingerprint density at radius 1 is 1.48 bits per heavy atom. The van der Waals surface area contributed by atoms with Crippen LogP contribution in [0.15, 0.2) is 23.2 Å². The van der Waals surface area contributed by atoms with Gasteiger partial charge in [-0.15, -0.1) is 0 Å². The van der Waals surface area contributed by atoms with Crippen LogP contribution in [0, 0.1) is 11.5 Å². The summed E-state index contributed by atoms with van der Waals surface area (Å²) in [6.07, 6.45) is 4.44. The van der Waals surface area contributed by atoms with Crippen molar-refractivity contribution >= 4 is 34.3 Å². The summed E-state index contributed by atoms with van der Waals surface area (Å²) in [7, 11) is 0. The Kier molecular flexibility index (Phi) is 7.57. The van der Waals surface area contributed by atoms with Crippen LogP contribution in [0.3, 0.4) is 0 Å². The van der Waals surface area contributed by atoms with Crippen LogP contribution in [0.5, 0.6) is 0 Å². The Morgan fingerprint density at radius 2 is 2.24 bits per heavy atom. The van der Waals surface area contributed by atoms with Crippen molar-refractivity contribution in [2.24, 2.45) is 4.99 Å². The SMILES string of the molecule is CCCOC(=O)c1cc(N=C(NC#N)SC)ccc1N1CCOCC1. The molecule has 0 saturated carbocycles. The fraction of sp³-hybridized carbons (Fsp3) is 0.471. The number of benzene rings is 1. The molecule has 0 bridgehead atoms. The molecule has 0 radical (unpaired) electrons. The van der Waals surface area contributed by atoms with Gasteiger partial charge in [0.1, 0.15) is 0 Å². The van der Waals surface area contributed by atoms with Gasteiger partial charge in [-0.3, -0.25) is 5.32 Å². The number of amidine groups is 1. The molecule has 134 valence electrons. The molecule has 1 fully saturated rings. The van der Waals surface area contributed by atoms with Crippen molar-refractivity contribution in [2.75, 3.05) is 44.1 Å². The van der Waals surface area contributed by atoms with E-state index in [1.807, 2.05) is 31.5 Å². The number of nitriles is 1. The van der Waals surface area contributed by atoms with Gasteiger partial charge in [-0.2, -0.15) is 5.26 Å². The molecule has 1 aromatic rings. The van der Waals surface area contributed by atoms with Gasteiger partial charge in [-0.05, 0) is 30.9 Å². The number of nitrogens with zero attached hydrogens (tertiary/aromatic N) is 3. The van der Waals surface area contributed by atoms with Gasteiger partial charge < -0.3 is 14.4 Å². The molecule has 8 heteroatoms. The van der Waals surface area contributed by atoms with E-state index >= 15 is 0 Å². The van der Waals surface area contributed by atoms with Gasteiger partial charge >= 0.3 is 5.97 Å². The quantitative estimate of drug-likeness (QED) is 0.283. The van der Waals surface area contributed by atoms with E-state index in [2.05, 4.69) is 15.2 Å². The van der Waals surface area contributed by atoms with Crippen LogP contribution < -0.4 is 10.2 Å². The number of ether oxygens (including phenoxy) is 2. The van der Waals surface area contributed by atoms with E-state index in [4.69, 9.17) is 14.7 Å². The van der Waals surface area contributed by atoms with Crippen molar-refractivity contribution in [3.05, 3.63) is 23.8 Å². The average molecular weight is 362 g/mol. The van der Waals surface area contributed by atoms with Crippen molar-refractivity contribution in [3.8, 4) is 6.19 Å². The van der Waals surface area contributed by atoms with Crippen LogP contribution in [-0.4, -0.2) is 50.3 Å². The van der Waals surface area contributed by atoms with Crippen molar-refractivity contribution < 1.29 is 14.3 Å². The molecule has 1 saturated heterocycles. The number of aliphatic imine (C=N–C) groups is 1. The minimum atomic E-state index is -0.362. The zero-order valence-corrected chi connectivity index (χ0v) is 15.3. The van der Waals surface area contributed by atoms with Crippen LogP contribution in [0.4, 0.5) is 11.4 Å². The Labute approximate surface area is 152 Å². The van der Waals surface area contributed by atoms with Gasteiger partial charge in [0.2, 0.25) is 0 Å². The van der Waals surface area contributed by atoms with E-state index in [9.17, 15) is 4.79 Å². The first kappa shape index (κ1) is 19.1. The number of esters is 1. The van der Waals surface area contributed by atoms with E-state index in [0.29, 0.717) is 36.2 Å². The molecular formula is C17H22N4O3S. The minimum absolute atomic E-state index is 0.362. The molecule has 1 aliphatic heterocycles. The summed E-state index contributed by atoms with van der Waals surface area (Å²) in [4.78, 5) is 19.0. The van der Waals surface area contributed by atoms with Crippen LogP contribution in [0.2, 0.25) is 0 Å². The first-order valence-corrected chi connectivity index (χ1v) is 9.33. The van der Waals surface area contributed by atoms with Gasteiger partial charge in [-0.1, -0.05) is 18.7 Å². The van der Waals surface area contributed by atoms with E-state index in [1.165, 1.54) is 11.8 Å². The van der Waals surface area contributed by atoms with Crippen LogP contribution in [-0.2, 0) is 9.47 Å². The molecule has 0 spiro atoms. The van der Waals surface area contributed by atoms with Crippen molar-refractivity contribution in [1.82, 2.24) is 5.32 Å². The molecular weight excluding hydrogens is 340 g/mol. The Morgan fingerprint density at radius 3 is 2.88 bits per heavy atom. The molecule has 2 rings (SSSR count). The zero-order chi connectivity index (χ0) is 18.1. The third-order valence-electron chi connectivity index (χ3n) is 3.58. The molecule has 0 aliphatic carbocycles. The lowest BCUT2D eigenvalue weighted by Crippen LogP contribution is -2.37. The molecule has 0 amide bonds. The highest BCUT2D eigenvalue weighted by atomic mass is 32.2. The third-order valence-corrected chi connectivity index (χ3v) is 4.16. The standard InChI is InChI=1S/C17H22N4O3S/c1-3-8-24-16(22)14-11-13(20-17(25-2)19-12-18)4-5-15(14)21-6-9-23-10-7-21/h4-5,11H,3,6-10H2,1-2H3,(H,19,20). The molecule has 0 atom stereocenters. The largest absolute Gasteiger partial charge is 0.462 e. The molecule has 25 heavy (non-hydrogen) atoms. The highest BCUT2D eigenvalue weighted by Gasteiger charge is 2.20. The highest BCUT2D eigenvalue weighted by molar-refractivity contribution is 8.13. The average Bonchev–Trinajstić information content (AvgIpc) is 2.66. The minimum Gasteiger partial charge on any atom is -0.462 e. The molecule has 1 heterocycles. The lowest BCUT2D eigenvalue weighted by atomic mass is 10.1. The highest BCUT2D eigenvalue weighted by Crippen LogP contribution is 2.28. The Hall–Kier alpha value is -2.24. The van der Waals surface area contributed by atoms with Crippen LogP contribution in [0.1, 0.15) is 23.7 Å². The number of carbonyl (C=O) groups excluding carboxylic acids is 1. The number of hydrogen-bond acceptors (Lipinski definition) is 7. The summed E-state index contributed by atoms with van der Waals surface area (Å²) >= 11 is 1.32. The number of hydrogen-bond donors (Lipinski definition) is 1. The monoisotopic (exact) mass is 362 g/mol. The van der Waals surface area contributed by atoms with E-state index in [1.54, 1.807) is 6.07 Å². The lowest BCUT2D eigenvalue weighted by Gasteiger charge is -2.30. The maximum Gasteiger partial charge on any atom is 0.340 e. The molecule has 0 unspecified atom stereocenters. The third kappa shape index (κ3) is 5.37. The predicted molar refractivity (Wildman–Crippen MR) is 99.4 cm³/mol. The smallest absolute Gasteiger partial charge is 0.340 e. The van der Waals surface area contributed by atoms with Gasteiger partial charge in [0.05, 0.1) is 36.8 Å². The summed E-state index contributed by atoms with van der Waals surface area (Å²) in [5.74, 6) is -0.362. The van der Waals surface area contributed by atoms with Gasteiger partial charge in [-0.25, -0.2) is 9.79 Å². The van der Waals surface area contributed by atoms with Crippen molar-refractivity contribution in [1.29, 1.82) is 5.26 Å². The first-order valence-electron chi connectivity index (χ1n) is 8.11. The first-order chi connectivity index (χ1) is 12.2. The predicted octanol–water partition coefficient (Wildman–Crippen LogP) is 2.51. The number of thioether (sulfide) groups is 1. The topological polar surface area (TPSA) is 86.9 Å². The van der Waals surface area contributed by atoms with Crippen molar-refractivity contribution in [2.45, 2.75) is 13.3 Å². The molecule has 1 aliphatic rings. The van der Waals surface area contributed by atoms with E-state index in [-0.39, 0.29) is 5.97 Å². The Balaban J connectivity index is 2.36. The second kappa shape index (κ2) is 9.91. The fourth-order valence-corrected chi connectivity index (χ4v) is 2.74. The van der Waals surface area contributed by atoms with E-state index in [0.717, 1.165) is 25.2 Å². The lowest BCUT2D eigenvalue weighted by molar-refractivity contribution is 0.0505. The number of rotatable bonds is 5. The summed E-state index contributed by atoms with van der Waals surface area (Å²) in [6.45, 7) is 5.04. The number of morpholine rings is 1.